The molecule has 3 N–H and O–H groups in total. The SMILES string of the molecule is CCC(O)c1ccc(-c2ccc(S(N)(=O)=O)cc2)cc1. The van der Waals surface area contributed by atoms with E-state index in [-0.39, 0.29) is 4.90 Å². The van der Waals surface area contributed by atoms with Gasteiger partial charge in [0.05, 0.1) is 11.0 Å². The summed E-state index contributed by atoms with van der Waals surface area (Å²) in [6.45, 7) is 1.92. The highest BCUT2D eigenvalue weighted by molar-refractivity contribution is 7.89. The number of sulfonamides is 1. The monoisotopic (exact) mass is 291 g/mol. The Morgan fingerprint density at radius 2 is 1.45 bits per heavy atom. The summed E-state index contributed by atoms with van der Waals surface area (Å²) in [4.78, 5) is 0.0966. The molecule has 0 spiro atoms. The first-order valence-electron chi connectivity index (χ1n) is 6.33. The van der Waals surface area contributed by atoms with Crippen molar-refractivity contribution in [3.05, 3.63) is 54.1 Å². The van der Waals surface area contributed by atoms with Crippen LogP contribution >= 0.6 is 0 Å². The van der Waals surface area contributed by atoms with Crippen molar-refractivity contribution < 1.29 is 13.5 Å². The average molecular weight is 291 g/mol. The van der Waals surface area contributed by atoms with Crippen molar-refractivity contribution in [1.82, 2.24) is 0 Å². The van der Waals surface area contributed by atoms with Gasteiger partial charge in [-0.15, -0.1) is 0 Å². The highest BCUT2D eigenvalue weighted by Crippen LogP contribution is 2.24. The number of aliphatic hydroxyl groups is 1. The molecule has 0 aromatic heterocycles. The molecule has 0 aliphatic rings. The molecule has 0 fully saturated rings. The molecular weight excluding hydrogens is 274 g/mol. The number of benzene rings is 2. The Bertz CT molecular complexity index is 676. The Morgan fingerprint density at radius 3 is 1.85 bits per heavy atom. The van der Waals surface area contributed by atoms with E-state index in [2.05, 4.69) is 0 Å². The van der Waals surface area contributed by atoms with Crippen LogP contribution in [0, 0.1) is 0 Å². The largest absolute Gasteiger partial charge is 0.388 e. The molecule has 0 bridgehead atoms. The number of primary sulfonamides is 1. The van der Waals surface area contributed by atoms with Crippen LogP contribution in [0.25, 0.3) is 11.1 Å². The molecule has 5 heteroatoms. The molecule has 0 aliphatic carbocycles. The van der Waals surface area contributed by atoms with Crippen molar-refractivity contribution in [1.29, 1.82) is 0 Å². The summed E-state index contributed by atoms with van der Waals surface area (Å²) in [5.41, 5.74) is 2.73. The second-order valence-electron chi connectivity index (χ2n) is 4.62. The van der Waals surface area contributed by atoms with Crippen molar-refractivity contribution in [3.8, 4) is 11.1 Å². The lowest BCUT2D eigenvalue weighted by atomic mass is 10.0. The second kappa shape index (κ2) is 5.75. The Hall–Kier alpha value is -1.69. The average Bonchev–Trinajstić information content (AvgIpc) is 2.46. The molecule has 2 rings (SSSR count). The summed E-state index contributed by atoms with van der Waals surface area (Å²) in [7, 11) is -3.66. The zero-order valence-electron chi connectivity index (χ0n) is 11.2. The lowest BCUT2D eigenvalue weighted by molar-refractivity contribution is 0.173. The fraction of sp³-hybridized carbons (Fsp3) is 0.200. The van der Waals surface area contributed by atoms with Crippen molar-refractivity contribution in [2.75, 3.05) is 0 Å². The van der Waals surface area contributed by atoms with Gasteiger partial charge in [0.25, 0.3) is 0 Å². The lowest BCUT2D eigenvalue weighted by Crippen LogP contribution is -2.11. The lowest BCUT2D eigenvalue weighted by Gasteiger charge is -2.09. The van der Waals surface area contributed by atoms with E-state index in [1.165, 1.54) is 12.1 Å². The summed E-state index contributed by atoms with van der Waals surface area (Å²) in [6, 6.07) is 13.9. The second-order valence-corrected chi connectivity index (χ2v) is 6.18. The molecule has 0 saturated heterocycles. The molecule has 0 heterocycles. The van der Waals surface area contributed by atoms with Gasteiger partial charge in [0, 0.05) is 0 Å². The fourth-order valence-corrected chi connectivity index (χ4v) is 2.49. The number of hydrogen-bond donors (Lipinski definition) is 2. The van der Waals surface area contributed by atoms with E-state index in [4.69, 9.17) is 5.14 Å². The van der Waals surface area contributed by atoms with Crippen molar-refractivity contribution in [2.45, 2.75) is 24.3 Å². The van der Waals surface area contributed by atoms with E-state index in [1.54, 1.807) is 12.1 Å². The molecule has 2 aromatic carbocycles. The van der Waals surface area contributed by atoms with Crippen molar-refractivity contribution in [2.24, 2.45) is 5.14 Å². The zero-order valence-corrected chi connectivity index (χ0v) is 12.0. The molecule has 2 aromatic rings. The highest BCUT2D eigenvalue weighted by Gasteiger charge is 2.08. The Labute approximate surface area is 118 Å². The molecule has 1 atom stereocenters. The number of nitrogens with two attached hydrogens (primary N) is 1. The molecule has 0 amide bonds. The zero-order chi connectivity index (χ0) is 14.8. The number of rotatable bonds is 4. The molecule has 0 aliphatic heterocycles. The van der Waals surface area contributed by atoms with Gasteiger partial charge < -0.3 is 5.11 Å². The van der Waals surface area contributed by atoms with Crippen LogP contribution in [0.15, 0.2) is 53.4 Å². The minimum absolute atomic E-state index is 0.0966. The fourth-order valence-electron chi connectivity index (χ4n) is 1.97. The van der Waals surface area contributed by atoms with Crippen molar-refractivity contribution >= 4 is 10.0 Å². The van der Waals surface area contributed by atoms with Gasteiger partial charge in [0.1, 0.15) is 0 Å². The quantitative estimate of drug-likeness (QED) is 0.908. The van der Waals surface area contributed by atoms with Crippen LogP contribution in [0.5, 0.6) is 0 Å². The van der Waals surface area contributed by atoms with E-state index in [9.17, 15) is 13.5 Å². The Kier molecular flexibility index (Phi) is 4.23. The van der Waals surface area contributed by atoms with E-state index in [0.717, 1.165) is 16.7 Å². The summed E-state index contributed by atoms with van der Waals surface area (Å²) in [6.07, 6.45) is 0.219. The summed E-state index contributed by atoms with van der Waals surface area (Å²) < 4.78 is 22.4. The topological polar surface area (TPSA) is 80.4 Å². The van der Waals surface area contributed by atoms with Gasteiger partial charge in [0.2, 0.25) is 10.0 Å². The van der Waals surface area contributed by atoms with Crippen LogP contribution in [-0.4, -0.2) is 13.5 Å². The van der Waals surface area contributed by atoms with Crippen molar-refractivity contribution in [3.63, 3.8) is 0 Å². The Morgan fingerprint density at radius 1 is 1.00 bits per heavy atom. The molecule has 0 radical (unpaired) electrons. The predicted octanol–water partition coefficient (Wildman–Crippen LogP) is 2.44. The first-order valence-corrected chi connectivity index (χ1v) is 7.87. The van der Waals surface area contributed by atoms with Gasteiger partial charge in [0.15, 0.2) is 0 Å². The number of hydrogen-bond acceptors (Lipinski definition) is 3. The maximum Gasteiger partial charge on any atom is 0.238 e. The third-order valence-electron chi connectivity index (χ3n) is 3.20. The van der Waals surface area contributed by atoms with Gasteiger partial charge in [-0.25, -0.2) is 13.6 Å². The van der Waals surface area contributed by atoms with E-state index in [0.29, 0.717) is 6.42 Å². The summed E-state index contributed by atoms with van der Waals surface area (Å²) >= 11 is 0. The molecule has 4 nitrogen and oxygen atoms in total. The Balaban J connectivity index is 2.28. The smallest absolute Gasteiger partial charge is 0.238 e. The standard InChI is InChI=1S/C15H17NO3S/c1-2-15(17)13-5-3-11(4-6-13)12-7-9-14(10-8-12)20(16,18)19/h3-10,15,17H,2H2,1H3,(H2,16,18,19). The predicted molar refractivity (Wildman–Crippen MR) is 78.5 cm³/mol. The minimum Gasteiger partial charge on any atom is -0.388 e. The van der Waals surface area contributed by atoms with Gasteiger partial charge >= 0.3 is 0 Å². The van der Waals surface area contributed by atoms with Gasteiger partial charge in [-0.05, 0) is 35.2 Å². The molecule has 20 heavy (non-hydrogen) atoms. The van der Waals surface area contributed by atoms with E-state index < -0.39 is 16.1 Å². The normalized spacial score (nSPS) is 13.2. The van der Waals surface area contributed by atoms with E-state index >= 15 is 0 Å². The minimum atomic E-state index is -3.66. The molecule has 1 unspecified atom stereocenters. The molecular formula is C15H17NO3S. The first-order chi connectivity index (χ1) is 9.41. The number of aliphatic hydroxyl groups excluding tert-OH is 1. The summed E-state index contributed by atoms with van der Waals surface area (Å²) in [5, 5.41) is 14.8. The van der Waals surface area contributed by atoms with Crippen LogP contribution in [0.3, 0.4) is 0 Å². The van der Waals surface area contributed by atoms with Gasteiger partial charge in [-0.2, -0.15) is 0 Å². The van der Waals surface area contributed by atoms with Gasteiger partial charge in [-0.1, -0.05) is 43.3 Å². The van der Waals surface area contributed by atoms with Crippen LogP contribution < -0.4 is 5.14 Å². The molecule has 106 valence electrons. The maximum absolute atomic E-state index is 11.2. The highest BCUT2D eigenvalue weighted by atomic mass is 32.2. The van der Waals surface area contributed by atoms with Crippen LogP contribution in [-0.2, 0) is 10.0 Å². The molecule has 0 saturated carbocycles. The third-order valence-corrected chi connectivity index (χ3v) is 4.13. The van der Waals surface area contributed by atoms with Crippen LogP contribution in [0.1, 0.15) is 25.0 Å². The summed E-state index contributed by atoms with van der Waals surface area (Å²) in [5.74, 6) is 0. The maximum atomic E-state index is 11.2. The van der Waals surface area contributed by atoms with Crippen LogP contribution in [0.2, 0.25) is 0 Å². The van der Waals surface area contributed by atoms with Gasteiger partial charge in [-0.3, -0.25) is 0 Å². The third kappa shape index (κ3) is 3.25. The van der Waals surface area contributed by atoms with E-state index in [1.807, 2.05) is 31.2 Å². The first kappa shape index (κ1) is 14.7. The van der Waals surface area contributed by atoms with Crippen LogP contribution in [0.4, 0.5) is 0 Å².